The number of carbonyl (C=O) groups is 1. The van der Waals surface area contributed by atoms with E-state index in [4.69, 9.17) is 0 Å². The highest BCUT2D eigenvalue weighted by Crippen LogP contribution is 2.22. The normalized spacial score (nSPS) is 16.4. The summed E-state index contributed by atoms with van der Waals surface area (Å²) in [6, 6.07) is 0.465. The van der Waals surface area contributed by atoms with Crippen LogP contribution in [0.3, 0.4) is 0 Å². The predicted molar refractivity (Wildman–Crippen MR) is 69.6 cm³/mol. The van der Waals surface area contributed by atoms with Gasteiger partial charge in [0.05, 0.1) is 10.7 Å². The van der Waals surface area contributed by atoms with Crippen molar-refractivity contribution in [3.63, 3.8) is 0 Å². The van der Waals surface area contributed by atoms with Gasteiger partial charge < -0.3 is 4.90 Å². The minimum absolute atomic E-state index is 0.225. The van der Waals surface area contributed by atoms with Gasteiger partial charge >= 0.3 is 0 Å². The van der Waals surface area contributed by atoms with Gasteiger partial charge in [-0.15, -0.1) is 0 Å². The number of hydrogen-bond acceptors (Lipinski definition) is 2. The number of rotatable bonds is 4. The molecule has 4 nitrogen and oxygen atoms in total. The van der Waals surface area contributed by atoms with Crippen LogP contribution >= 0.6 is 15.9 Å². The van der Waals surface area contributed by atoms with Crippen LogP contribution < -0.4 is 0 Å². The van der Waals surface area contributed by atoms with Gasteiger partial charge in [-0.25, -0.2) is 0 Å². The lowest BCUT2D eigenvalue weighted by atomic mass is 10.2. The van der Waals surface area contributed by atoms with Gasteiger partial charge in [-0.05, 0) is 28.8 Å². The maximum Gasteiger partial charge on any atom is 0.224 e. The zero-order valence-electron chi connectivity index (χ0n) is 10.1. The fourth-order valence-electron chi connectivity index (χ4n) is 2.34. The van der Waals surface area contributed by atoms with Crippen LogP contribution in [-0.2, 0) is 11.3 Å². The standard InChI is InChI=1S/C12H18BrN3O/c1-15(11-4-2-3-5-11)12(17)6-7-16-9-10(13)8-14-16/h8-9,11H,2-7H2,1H3. The molecule has 1 fully saturated rings. The van der Waals surface area contributed by atoms with E-state index < -0.39 is 0 Å². The highest BCUT2D eigenvalue weighted by atomic mass is 79.9. The summed E-state index contributed by atoms with van der Waals surface area (Å²) >= 11 is 3.34. The second-order valence-corrected chi connectivity index (χ2v) is 5.53. The number of aromatic nitrogens is 2. The number of nitrogens with zero attached hydrogens (tertiary/aromatic N) is 3. The van der Waals surface area contributed by atoms with E-state index >= 15 is 0 Å². The third-order valence-electron chi connectivity index (χ3n) is 3.42. The van der Waals surface area contributed by atoms with Gasteiger partial charge in [0, 0.05) is 32.3 Å². The molecule has 0 spiro atoms. The zero-order chi connectivity index (χ0) is 12.3. The SMILES string of the molecule is CN(C(=O)CCn1cc(Br)cn1)C1CCCC1. The third kappa shape index (κ3) is 3.31. The van der Waals surface area contributed by atoms with E-state index in [0.29, 0.717) is 19.0 Å². The molecular formula is C12H18BrN3O. The molecule has 0 aromatic carbocycles. The lowest BCUT2D eigenvalue weighted by Crippen LogP contribution is -2.35. The maximum atomic E-state index is 12.0. The summed E-state index contributed by atoms with van der Waals surface area (Å²) in [6.07, 6.45) is 9.00. The molecule has 0 N–H and O–H groups in total. The largest absolute Gasteiger partial charge is 0.343 e. The van der Waals surface area contributed by atoms with Crippen molar-refractivity contribution in [1.29, 1.82) is 0 Å². The van der Waals surface area contributed by atoms with Gasteiger partial charge in [-0.1, -0.05) is 12.8 Å². The van der Waals surface area contributed by atoms with Gasteiger partial charge in [-0.2, -0.15) is 5.10 Å². The van der Waals surface area contributed by atoms with Crippen molar-refractivity contribution >= 4 is 21.8 Å². The summed E-state index contributed by atoms with van der Waals surface area (Å²) in [5.74, 6) is 0.225. The number of amides is 1. The Labute approximate surface area is 110 Å². The van der Waals surface area contributed by atoms with Crippen LogP contribution in [0.4, 0.5) is 0 Å². The van der Waals surface area contributed by atoms with E-state index in [1.165, 1.54) is 12.8 Å². The molecule has 1 aliphatic carbocycles. The molecule has 0 bridgehead atoms. The van der Waals surface area contributed by atoms with Crippen molar-refractivity contribution in [2.75, 3.05) is 7.05 Å². The quantitative estimate of drug-likeness (QED) is 0.856. The highest BCUT2D eigenvalue weighted by molar-refractivity contribution is 9.10. The highest BCUT2D eigenvalue weighted by Gasteiger charge is 2.22. The minimum Gasteiger partial charge on any atom is -0.343 e. The molecule has 17 heavy (non-hydrogen) atoms. The first kappa shape index (κ1) is 12.6. The first-order valence-electron chi connectivity index (χ1n) is 6.10. The Kier molecular flexibility index (Phi) is 4.20. The Morgan fingerprint density at radius 2 is 2.29 bits per heavy atom. The van der Waals surface area contributed by atoms with E-state index in [9.17, 15) is 4.79 Å². The van der Waals surface area contributed by atoms with E-state index in [1.807, 2.05) is 18.1 Å². The fraction of sp³-hybridized carbons (Fsp3) is 0.667. The molecule has 1 heterocycles. The monoisotopic (exact) mass is 299 g/mol. The van der Waals surface area contributed by atoms with Crippen LogP contribution in [0.1, 0.15) is 32.1 Å². The van der Waals surface area contributed by atoms with Gasteiger partial charge in [0.2, 0.25) is 5.91 Å². The maximum absolute atomic E-state index is 12.0. The first-order chi connectivity index (χ1) is 8.16. The van der Waals surface area contributed by atoms with Crippen LogP contribution in [0.2, 0.25) is 0 Å². The Bertz CT molecular complexity index is 385. The fourth-order valence-corrected chi connectivity index (χ4v) is 2.67. The van der Waals surface area contributed by atoms with Crippen molar-refractivity contribution in [3.8, 4) is 0 Å². The van der Waals surface area contributed by atoms with Crippen LogP contribution in [0.5, 0.6) is 0 Å². The van der Waals surface area contributed by atoms with Crippen molar-refractivity contribution in [1.82, 2.24) is 14.7 Å². The van der Waals surface area contributed by atoms with E-state index in [-0.39, 0.29) is 5.91 Å². The topological polar surface area (TPSA) is 38.1 Å². The number of hydrogen-bond donors (Lipinski definition) is 0. The second-order valence-electron chi connectivity index (χ2n) is 4.61. The Morgan fingerprint density at radius 1 is 1.59 bits per heavy atom. The molecule has 0 unspecified atom stereocenters. The molecule has 2 rings (SSSR count). The molecule has 1 aromatic rings. The number of halogens is 1. The lowest BCUT2D eigenvalue weighted by molar-refractivity contribution is -0.132. The van der Waals surface area contributed by atoms with Crippen molar-refractivity contribution in [3.05, 3.63) is 16.9 Å². The summed E-state index contributed by atoms with van der Waals surface area (Å²) in [4.78, 5) is 13.9. The van der Waals surface area contributed by atoms with Crippen molar-refractivity contribution in [2.45, 2.75) is 44.7 Å². The number of aryl methyl sites for hydroxylation is 1. The van der Waals surface area contributed by atoms with Crippen LogP contribution in [0.15, 0.2) is 16.9 Å². The van der Waals surface area contributed by atoms with Crippen LogP contribution in [-0.4, -0.2) is 33.7 Å². The molecule has 0 atom stereocenters. The molecule has 0 radical (unpaired) electrons. The molecular weight excluding hydrogens is 282 g/mol. The van der Waals surface area contributed by atoms with Gasteiger partial charge in [0.1, 0.15) is 0 Å². The van der Waals surface area contributed by atoms with Gasteiger partial charge in [-0.3, -0.25) is 9.48 Å². The van der Waals surface area contributed by atoms with Gasteiger partial charge in [0.25, 0.3) is 0 Å². The molecule has 0 saturated heterocycles. The molecule has 0 aliphatic heterocycles. The molecule has 1 aliphatic rings. The number of carbonyl (C=O) groups excluding carboxylic acids is 1. The van der Waals surface area contributed by atoms with Crippen molar-refractivity contribution < 1.29 is 4.79 Å². The second kappa shape index (κ2) is 5.67. The summed E-state index contributed by atoms with van der Waals surface area (Å²) in [6.45, 7) is 0.654. The first-order valence-corrected chi connectivity index (χ1v) is 6.90. The average molecular weight is 300 g/mol. The Hall–Kier alpha value is -0.840. The van der Waals surface area contributed by atoms with Crippen LogP contribution in [0, 0.1) is 0 Å². The Balaban J connectivity index is 1.80. The minimum atomic E-state index is 0.225. The van der Waals surface area contributed by atoms with Crippen molar-refractivity contribution in [2.24, 2.45) is 0 Å². The van der Waals surface area contributed by atoms with Gasteiger partial charge in [0.15, 0.2) is 0 Å². The Morgan fingerprint density at radius 3 is 2.88 bits per heavy atom. The van der Waals surface area contributed by atoms with E-state index in [2.05, 4.69) is 21.0 Å². The van der Waals surface area contributed by atoms with Crippen LogP contribution in [0.25, 0.3) is 0 Å². The third-order valence-corrected chi connectivity index (χ3v) is 3.83. The molecule has 94 valence electrons. The molecule has 1 amide bonds. The average Bonchev–Trinajstić information content (AvgIpc) is 2.95. The lowest BCUT2D eigenvalue weighted by Gasteiger charge is -2.24. The molecule has 1 aromatic heterocycles. The van der Waals surface area contributed by atoms with E-state index in [1.54, 1.807) is 10.9 Å². The summed E-state index contributed by atoms with van der Waals surface area (Å²) in [5.41, 5.74) is 0. The van der Waals surface area contributed by atoms with E-state index in [0.717, 1.165) is 17.3 Å². The summed E-state index contributed by atoms with van der Waals surface area (Å²) in [7, 11) is 1.93. The summed E-state index contributed by atoms with van der Waals surface area (Å²) < 4.78 is 2.75. The zero-order valence-corrected chi connectivity index (χ0v) is 11.7. The smallest absolute Gasteiger partial charge is 0.224 e. The predicted octanol–water partition coefficient (Wildman–Crippen LogP) is 2.44. The molecule has 5 heteroatoms. The summed E-state index contributed by atoms with van der Waals surface area (Å²) in [5, 5.41) is 4.14. The molecule has 1 saturated carbocycles.